The first-order valence-corrected chi connectivity index (χ1v) is 12.8. The molecule has 39 heavy (non-hydrogen) atoms. The predicted octanol–water partition coefficient (Wildman–Crippen LogP) is -3.96. The van der Waals surface area contributed by atoms with Gasteiger partial charge in [-0.25, -0.2) is 19.3 Å². The molecule has 0 bridgehead atoms. The van der Waals surface area contributed by atoms with E-state index in [1.807, 2.05) is 4.98 Å². The number of rotatable bonds is 8. The van der Waals surface area contributed by atoms with Crippen LogP contribution in [0.5, 0.6) is 0 Å². The molecule has 0 aliphatic carbocycles. The highest BCUT2D eigenvalue weighted by Gasteiger charge is 2.50. The van der Waals surface area contributed by atoms with Crippen LogP contribution >= 0.6 is 7.82 Å². The molecule has 5 heterocycles. The SMILES string of the molecule is O=c1ccn([C@@H]2O[C@H](COP(=O)(O)O[C@H]3[C@@H](O)[C@H](n4cnc5c(=O)[nH]cnc54)O[C@@H]3CO)[C@@H](O)[C@H]2O)c(=O)[nH]1. The minimum absolute atomic E-state index is 0.0330. The number of nitrogens with one attached hydrogen (secondary N) is 2. The highest BCUT2D eigenvalue weighted by molar-refractivity contribution is 7.47. The van der Waals surface area contributed by atoms with Crippen molar-refractivity contribution in [2.24, 2.45) is 0 Å². The number of phosphoric acid groups is 1. The van der Waals surface area contributed by atoms with Gasteiger partial charge in [-0.05, 0) is 0 Å². The van der Waals surface area contributed by atoms with Crippen LogP contribution in [0, 0.1) is 0 Å². The lowest BCUT2D eigenvalue weighted by Gasteiger charge is -2.23. The fourth-order valence-electron chi connectivity index (χ4n) is 4.35. The van der Waals surface area contributed by atoms with Crippen LogP contribution in [-0.2, 0) is 23.1 Å². The van der Waals surface area contributed by atoms with Crippen LogP contribution in [0.25, 0.3) is 11.2 Å². The monoisotopic (exact) mass is 574 g/mol. The summed E-state index contributed by atoms with van der Waals surface area (Å²) in [7, 11) is -5.03. The summed E-state index contributed by atoms with van der Waals surface area (Å²) < 4.78 is 35.7. The van der Waals surface area contributed by atoms with Gasteiger partial charge in [0, 0.05) is 12.3 Å². The van der Waals surface area contributed by atoms with Gasteiger partial charge in [-0.1, -0.05) is 0 Å². The minimum atomic E-state index is -5.03. The quantitative estimate of drug-likeness (QED) is 0.126. The third-order valence-corrected chi connectivity index (χ3v) is 7.23. The van der Waals surface area contributed by atoms with Gasteiger partial charge in [0.05, 0.1) is 25.9 Å². The van der Waals surface area contributed by atoms with Crippen LogP contribution in [-0.4, -0.2) is 104 Å². The molecule has 212 valence electrons. The van der Waals surface area contributed by atoms with Gasteiger partial charge < -0.3 is 39.8 Å². The van der Waals surface area contributed by atoms with Crippen molar-refractivity contribution >= 4 is 19.0 Å². The van der Waals surface area contributed by atoms with Crippen molar-refractivity contribution < 1.29 is 48.4 Å². The number of nitrogens with zero attached hydrogens (tertiary/aromatic N) is 4. The maximum Gasteiger partial charge on any atom is 0.472 e. The number of aromatic nitrogens is 6. The molecule has 19 nitrogen and oxygen atoms in total. The van der Waals surface area contributed by atoms with Crippen molar-refractivity contribution in [1.82, 2.24) is 29.1 Å². The number of H-pyrrole nitrogens is 2. The summed E-state index contributed by atoms with van der Waals surface area (Å²) >= 11 is 0. The van der Waals surface area contributed by atoms with E-state index in [1.54, 1.807) is 0 Å². The van der Waals surface area contributed by atoms with Gasteiger partial charge in [0.1, 0.15) is 36.6 Å². The Labute approximate surface area is 215 Å². The second-order valence-electron chi connectivity index (χ2n) is 8.69. The third kappa shape index (κ3) is 5.12. The Bertz CT molecular complexity index is 1570. The average Bonchev–Trinajstić information content (AvgIpc) is 3.53. The molecule has 7 N–H and O–H groups in total. The summed E-state index contributed by atoms with van der Waals surface area (Å²) in [6, 6.07) is 0.990. The zero-order chi connectivity index (χ0) is 28.1. The summed E-state index contributed by atoms with van der Waals surface area (Å²) in [6.45, 7) is -1.55. The van der Waals surface area contributed by atoms with Crippen LogP contribution in [0.1, 0.15) is 12.5 Å². The number of imidazole rings is 1. The van der Waals surface area contributed by atoms with E-state index in [-0.39, 0.29) is 11.2 Å². The molecule has 2 fully saturated rings. The molecular formula is C19H23N6O13P. The molecule has 2 aliphatic heterocycles. The molecule has 5 rings (SSSR count). The van der Waals surface area contributed by atoms with Gasteiger partial charge in [0.2, 0.25) is 0 Å². The van der Waals surface area contributed by atoms with Crippen molar-refractivity contribution in [2.75, 3.05) is 13.2 Å². The first kappa shape index (κ1) is 27.5. The van der Waals surface area contributed by atoms with Crippen LogP contribution in [0.2, 0.25) is 0 Å². The van der Waals surface area contributed by atoms with Crippen molar-refractivity contribution in [1.29, 1.82) is 0 Å². The van der Waals surface area contributed by atoms with Crippen LogP contribution in [0.4, 0.5) is 0 Å². The van der Waals surface area contributed by atoms with Crippen molar-refractivity contribution in [3.05, 3.63) is 56.1 Å². The summed E-state index contributed by atoms with van der Waals surface area (Å²) in [5, 5.41) is 41.1. The lowest BCUT2D eigenvalue weighted by Crippen LogP contribution is -2.37. The van der Waals surface area contributed by atoms with Gasteiger partial charge >= 0.3 is 13.5 Å². The first-order chi connectivity index (χ1) is 18.5. The maximum absolute atomic E-state index is 12.7. The smallest absolute Gasteiger partial charge is 0.394 e. The lowest BCUT2D eigenvalue weighted by molar-refractivity contribution is -0.0610. The summed E-state index contributed by atoms with van der Waals surface area (Å²) in [5.41, 5.74) is -2.21. The zero-order valence-electron chi connectivity index (χ0n) is 19.6. The second kappa shape index (κ2) is 10.5. The number of aromatic amines is 2. The number of fused-ring (bicyclic) bond motifs is 1. The molecule has 0 radical (unpaired) electrons. The number of hydrogen-bond acceptors (Lipinski definition) is 14. The number of ether oxygens (including phenoxy) is 2. The van der Waals surface area contributed by atoms with E-state index >= 15 is 0 Å². The third-order valence-electron chi connectivity index (χ3n) is 6.25. The number of phosphoric ester groups is 1. The highest BCUT2D eigenvalue weighted by atomic mass is 31.2. The standard InChI is InChI=1S/C19H23N6O13P/c26-3-7-14(13(30)18(36-7)25-6-22-10-15(25)20-5-21-16(10)31)38-39(33,34)35-4-8-11(28)12(29)17(37-8)24-2-1-9(27)23-19(24)32/h1-2,5-8,11-14,17-18,26,28-30H,3-4H2,(H,33,34)(H,20,21,31)(H,23,27,32)/t7-,8-,11-,12-,13-,14-,17-,18-/m1/s1. The van der Waals surface area contributed by atoms with Crippen LogP contribution in [0.15, 0.2) is 39.3 Å². The van der Waals surface area contributed by atoms with Gasteiger partial charge in [-0.15, -0.1) is 0 Å². The largest absolute Gasteiger partial charge is 0.472 e. The van der Waals surface area contributed by atoms with Gasteiger partial charge in [0.15, 0.2) is 23.6 Å². The summed E-state index contributed by atoms with van der Waals surface area (Å²) in [5.74, 6) is 0. The Morgan fingerprint density at radius 2 is 1.74 bits per heavy atom. The molecular weight excluding hydrogens is 551 g/mol. The minimum Gasteiger partial charge on any atom is -0.394 e. The van der Waals surface area contributed by atoms with E-state index < -0.39 is 86.9 Å². The Hall–Kier alpha value is -3.10. The number of aliphatic hydroxyl groups excluding tert-OH is 4. The van der Waals surface area contributed by atoms with Crippen LogP contribution < -0.4 is 16.8 Å². The molecule has 9 atom stereocenters. The summed E-state index contributed by atoms with van der Waals surface area (Å²) in [6.07, 6.45) is -8.84. The molecule has 0 spiro atoms. The molecule has 1 unspecified atom stereocenters. The van der Waals surface area contributed by atoms with E-state index in [0.717, 1.165) is 29.5 Å². The second-order valence-corrected chi connectivity index (χ2v) is 10.1. The number of aliphatic hydroxyl groups is 4. The highest BCUT2D eigenvalue weighted by Crippen LogP contribution is 2.49. The van der Waals surface area contributed by atoms with Gasteiger partial charge in [-0.2, -0.15) is 0 Å². The maximum atomic E-state index is 12.7. The molecule has 0 amide bonds. The molecule has 0 saturated carbocycles. The fourth-order valence-corrected chi connectivity index (χ4v) is 5.32. The Morgan fingerprint density at radius 3 is 2.46 bits per heavy atom. The van der Waals surface area contributed by atoms with E-state index in [4.69, 9.17) is 18.5 Å². The molecule has 3 aromatic rings. The predicted molar refractivity (Wildman–Crippen MR) is 123 cm³/mol. The zero-order valence-corrected chi connectivity index (χ0v) is 20.5. The van der Waals surface area contributed by atoms with E-state index in [2.05, 4.69) is 15.0 Å². The normalized spacial score (nSPS) is 32.5. The van der Waals surface area contributed by atoms with E-state index in [1.165, 1.54) is 4.57 Å². The Balaban J connectivity index is 1.27. The summed E-state index contributed by atoms with van der Waals surface area (Å²) in [4.78, 5) is 57.7. The lowest BCUT2D eigenvalue weighted by atomic mass is 10.1. The van der Waals surface area contributed by atoms with Gasteiger partial charge in [-0.3, -0.25) is 32.8 Å². The first-order valence-electron chi connectivity index (χ1n) is 11.3. The Morgan fingerprint density at radius 1 is 1.03 bits per heavy atom. The average molecular weight is 574 g/mol. The molecule has 0 aromatic carbocycles. The fraction of sp³-hybridized carbons (Fsp3) is 0.526. The van der Waals surface area contributed by atoms with Crippen molar-refractivity contribution in [3.8, 4) is 0 Å². The van der Waals surface area contributed by atoms with Crippen LogP contribution in [0.3, 0.4) is 0 Å². The van der Waals surface area contributed by atoms with Gasteiger partial charge in [0.25, 0.3) is 11.1 Å². The Kier molecular flexibility index (Phi) is 7.37. The molecule has 3 aromatic heterocycles. The van der Waals surface area contributed by atoms with Crippen molar-refractivity contribution in [3.63, 3.8) is 0 Å². The number of hydrogen-bond donors (Lipinski definition) is 7. The van der Waals surface area contributed by atoms with E-state index in [9.17, 15) is 44.3 Å². The molecule has 2 aliphatic rings. The topological polar surface area (TPSA) is 274 Å². The molecule has 20 heteroatoms. The van der Waals surface area contributed by atoms with E-state index in [0.29, 0.717) is 0 Å². The molecule has 2 saturated heterocycles. The van der Waals surface area contributed by atoms with Crippen molar-refractivity contribution in [2.45, 2.75) is 49.1 Å².